The van der Waals surface area contributed by atoms with Crippen molar-refractivity contribution in [1.29, 1.82) is 0 Å². The number of rotatable bonds is 15. The first-order valence-electron chi connectivity index (χ1n) is 13.2. The Morgan fingerprint density at radius 2 is 1.67 bits per heavy atom. The highest BCUT2D eigenvalue weighted by Gasteiger charge is 2.17. The SMILES string of the molecule is COCCN(CCC(=O)NCCC(c1ccccc1)c1ccccc1)c1nc(Cc2cccc(OC)c2)ns1. The van der Waals surface area contributed by atoms with Crippen LogP contribution in [0.2, 0.25) is 0 Å². The lowest BCUT2D eigenvalue weighted by Crippen LogP contribution is -2.33. The predicted octanol–water partition coefficient (Wildman–Crippen LogP) is 5.32. The first-order chi connectivity index (χ1) is 19.2. The minimum Gasteiger partial charge on any atom is -0.497 e. The number of methoxy groups -OCH3 is 2. The van der Waals surface area contributed by atoms with Crippen molar-refractivity contribution in [1.82, 2.24) is 14.7 Å². The standard InChI is InChI=1S/C31H36N4O3S/c1-37-21-20-35(31-33-29(34-39-31)23-24-10-9-15-27(22-24)38-2)19-17-30(36)32-18-16-28(25-11-5-3-6-12-25)26-13-7-4-8-14-26/h3-15,22,28H,16-21,23H2,1-2H3,(H,32,36). The summed E-state index contributed by atoms with van der Waals surface area (Å²) < 4.78 is 15.2. The molecule has 1 N–H and O–H groups in total. The molecule has 1 aromatic heterocycles. The fourth-order valence-electron chi connectivity index (χ4n) is 4.49. The summed E-state index contributed by atoms with van der Waals surface area (Å²) in [4.78, 5) is 19.6. The number of amides is 1. The molecule has 0 saturated carbocycles. The molecule has 0 aliphatic rings. The van der Waals surface area contributed by atoms with E-state index in [-0.39, 0.29) is 11.8 Å². The van der Waals surface area contributed by atoms with E-state index < -0.39 is 0 Å². The lowest BCUT2D eigenvalue weighted by atomic mass is 9.88. The number of hydrogen-bond donors (Lipinski definition) is 1. The van der Waals surface area contributed by atoms with Crippen LogP contribution in [0.5, 0.6) is 5.75 Å². The fourth-order valence-corrected chi connectivity index (χ4v) is 5.23. The third kappa shape index (κ3) is 8.63. The Bertz CT molecular complexity index is 1240. The summed E-state index contributed by atoms with van der Waals surface area (Å²) >= 11 is 1.35. The van der Waals surface area contributed by atoms with Crippen LogP contribution in [0.15, 0.2) is 84.9 Å². The summed E-state index contributed by atoms with van der Waals surface area (Å²) in [7, 11) is 3.34. The molecule has 1 amide bonds. The summed E-state index contributed by atoms with van der Waals surface area (Å²) in [5, 5.41) is 3.92. The van der Waals surface area contributed by atoms with E-state index in [2.05, 4.69) is 63.1 Å². The van der Waals surface area contributed by atoms with Gasteiger partial charge in [0, 0.05) is 57.0 Å². The maximum absolute atomic E-state index is 12.8. The highest BCUT2D eigenvalue weighted by atomic mass is 32.1. The number of aromatic nitrogens is 2. The average Bonchev–Trinajstić information content (AvgIpc) is 3.44. The highest BCUT2D eigenvalue weighted by Crippen LogP contribution is 2.27. The molecular formula is C31H36N4O3S. The van der Waals surface area contributed by atoms with Crippen molar-refractivity contribution in [2.75, 3.05) is 45.4 Å². The van der Waals surface area contributed by atoms with Crippen LogP contribution in [-0.4, -0.2) is 55.7 Å². The molecule has 4 rings (SSSR count). The summed E-state index contributed by atoms with van der Waals surface area (Å²) in [5.41, 5.74) is 3.60. The number of carbonyl (C=O) groups is 1. The molecule has 0 bridgehead atoms. The van der Waals surface area contributed by atoms with Gasteiger partial charge >= 0.3 is 0 Å². The summed E-state index contributed by atoms with van der Waals surface area (Å²) in [6, 6.07) is 28.8. The van der Waals surface area contributed by atoms with E-state index in [1.165, 1.54) is 22.7 Å². The van der Waals surface area contributed by atoms with Gasteiger partial charge in [0.15, 0.2) is 0 Å². The van der Waals surface area contributed by atoms with Gasteiger partial charge in [0.25, 0.3) is 0 Å². The van der Waals surface area contributed by atoms with E-state index in [0.29, 0.717) is 39.1 Å². The van der Waals surface area contributed by atoms with Crippen LogP contribution >= 0.6 is 11.5 Å². The van der Waals surface area contributed by atoms with Gasteiger partial charge in [-0.15, -0.1) is 0 Å². The Morgan fingerprint density at radius 3 is 2.33 bits per heavy atom. The molecule has 0 unspecified atom stereocenters. The first-order valence-corrected chi connectivity index (χ1v) is 14.0. The molecule has 204 valence electrons. The monoisotopic (exact) mass is 544 g/mol. The summed E-state index contributed by atoms with van der Waals surface area (Å²) in [6.07, 6.45) is 1.82. The molecule has 0 aliphatic carbocycles. The molecule has 7 nitrogen and oxygen atoms in total. The molecule has 0 aliphatic heterocycles. The molecule has 3 aromatic carbocycles. The second-order valence-electron chi connectivity index (χ2n) is 9.26. The van der Waals surface area contributed by atoms with Gasteiger partial charge in [-0.2, -0.15) is 4.37 Å². The third-order valence-electron chi connectivity index (χ3n) is 6.56. The lowest BCUT2D eigenvalue weighted by Gasteiger charge is -2.21. The maximum atomic E-state index is 12.8. The van der Waals surface area contributed by atoms with Crippen LogP contribution in [0.25, 0.3) is 0 Å². The topological polar surface area (TPSA) is 76.6 Å². The lowest BCUT2D eigenvalue weighted by molar-refractivity contribution is -0.120. The number of ether oxygens (including phenoxy) is 2. The van der Waals surface area contributed by atoms with E-state index in [1.807, 2.05) is 36.4 Å². The normalized spacial score (nSPS) is 10.9. The zero-order chi connectivity index (χ0) is 27.3. The third-order valence-corrected chi connectivity index (χ3v) is 7.37. The predicted molar refractivity (Wildman–Crippen MR) is 157 cm³/mol. The van der Waals surface area contributed by atoms with Crippen LogP contribution in [0.1, 0.15) is 41.3 Å². The smallest absolute Gasteiger partial charge is 0.221 e. The second-order valence-corrected chi connectivity index (χ2v) is 9.99. The van der Waals surface area contributed by atoms with Crippen molar-refractivity contribution in [2.45, 2.75) is 25.2 Å². The van der Waals surface area contributed by atoms with E-state index >= 15 is 0 Å². The molecule has 1 heterocycles. The Hall–Kier alpha value is -3.75. The molecular weight excluding hydrogens is 508 g/mol. The number of nitrogens with one attached hydrogen (secondary N) is 1. The molecule has 4 aromatic rings. The Labute approximate surface area is 235 Å². The van der Waals surface area contributed by atoms with Gasteiger partial charge in [-0.1, -0.05) is 72.8 Å². The van der Waals surface area contributed by atoms with Gasteiger partial charge in [0.2, 0.25) is 11.0 Å². The minimum absolute atomic E-state index is 0.0263. The quantitative estimate of drug-likeness (QED) is 0.218. The van der Waals surface area contributed by atoms with Crippen LogP contribution in [0.3, 0.4) is 0 Å². The number of anilines is 1. The van der Waals surface area contributed by atoms with Gasteiger partial charge in [-0.3, -0.25) is 4.79 Å². The molecule has 0 radical (unpaired) electrons. The van der Waals surface area contributed by atoms with E-state index in [0.717, 1.165) is 28.7 Å². The molecule has 0 saturated heterocycles. The minimum atomic E-state index is 0.0263. The molecule has 0 fully saturated rings. The van der Waals surface area contributed by atoms with Gasteiger partial charge in [0.05, 0.1) is 13.7 Å². The number of carbonyl (C=O) groups excluding carboxylic acids is 1. The number of hydrogen-bond acceptors (Lipinski definition) is 7. The zero-order valence-corrected chi connectivity index (χ0v) is 23.4. The van der Waals surface area contributed by atoms with Crippen LogP contribution in [-0.2, 0) is 16.0 Å². The van der Waals surface area contributed by atoms with Crippen LogP contribution in [0.4, 0.5) is 5.13 Å². The Kier molecular flexibility index (Phi) is 10.9. The molecule has 0 spiro atoms. The summed E-state index contributed by atoms with van der Waals surface area (Å²) in [5.74, 6) is 1.83. The van der Waals surface area contributed by atoms with Gasteiger partial charge < -0.3 is 19.7 Å². The van der Waals surface area contributed by atoms with Crippen LogP contribution in [0, 0.1) is 0 Å². The van der Waals surface area contributed by atoms with Crippen molar-refractivity contribution >= 4 is 22.6 Å². The number of nitrogens with zero attached hydrogens (tertiary/aromatic N) is 3. The maximum Gasteiger partial charge on any atom is 0.221 e. The zero-order valence-electron chi connectivity index (χ0n) is 22.6. The Balaban J connectivity index is 1.31. The second kappa shape index (κ2) is 15.0. The fraction of sp³-hybridized carbons (Fsp3) is 0.323. The largest absolute Gasteiger partial charge is 0.497 e. The van der Waals surface area contributed by atoms with E-state index in [1.54, 1.807) is 14.2 Å². The number of benzene rings is 3. The van der Waals surface area contributed by atoms with Gasteiger partial charge in [-0.25, -0.2) is 4.98 Å². The first kappa shape index (κ1) is 28.3. The van der Waals surface area contributed by atoms with Gasteiger partial charge in [-0.05, 0) is 35.2 Å². The Morgan fingerprint density at radius 1 is 0.949 bits per heavy atom. The summed E-state index contributed by atoms with van der Waals surface area (Å²) in [6.45, 7) is 2.34. The van der Waals surface area contributed by atoms with E-state index in [4.69, 9.17) is 14.5 Å². The van der Waals surface area contributed by atoms with Crippen molar-refractivity contribution in [3.05, 3.63) is 107 Å². The molecule has 8 heteroatoms. The van der Waals surface area contributed by atoms with Crippen molar-refractivity contribution in [3.8, 4) is 5.75 Å². The molecule has 0 atom stereocenters. The van der Waals surface area contributed by atoms with Crippen LogP contribution < -0.4 is 15.0 Å². The van der Waals surface area contributed by atoms with E-state index in [9.17, 15) is 4.79 Å². The van der Waals surface area contributed by atoms with Crippen molar-refractivity contribution in [2.24, 2.45) is 0 Å². The van der Waals surface area contributed by atoms with Gasteiger partial charge in [0.1, 0.15) is 11.6 Å². The highest BCUT2D eigenvalue weighted by molar-refractivity contribution is 7.09. The molecule has 39 heavy (non-hydrogen) atoms. The average molecular weight is 545 g/mol. The van der Waals surface area contributed by atoms with Crippen molar-refractivity contribution < 1.29 is 14.3 Å². The van der Waals surface area contributed by atoms with Crippen molar-refractivity contribution in [3.63, 3.8) is 0 Å².